The summed E-state index contributed by atoms with van der Waals surface area (Å²) in [4.78, 5) is 22.9. The Morgan fingerprint density at radius 2 is 1.90 bits per heavy atom. The maximum absolute atomic E-state index is 11.8. The van der Waals surface area contributed by atoms with Crippen molar-refractivity contribution in [3.05, 3.63) is 35.9 Å². The standard InChI is InChI=1S/C15H20N2O3/c1-10(9-11-5-3-2-4-6-11)16-15(20)17-13(14(18)19)12-7-8-12/h2-6,10,12-13H,7-9H2,1H3,(H,18,19)(H2,16,17,20). The summed E-state index contributed by atoms with van der Waals surface area (Å²) in [5.74, 6) is -0.874. The van der Waals surface area contributed by atoms with E-state index in [1.807, 2.05) is 37.3 Å². The molecule has 0 radical (unpaired) electrons. The molecular formula is C15H20N2O3. The van der Waals surface area contributed by atoms with Crippen LogP contribution in [0.2, 0.25) is 0 Å². The predicted octanol–water partition coefficient (Wildman–Crippen LogP) is 1.78. The minimum absolute atomic E-state index is 0.0500. The Hall–Kier alpha value is -2.04. The molecule has 1 fully saturated rings. The zero-order valence-electron chi connectivity index (χ0n) is 11.5. The fourth-order valence-corrected chi connectivity index (χ4v) is 2.24. The lowest BCUT2D eigenvalue weighted by molar-refractivity contribution is -0.139. The van der Waals surface area contributed by atoms with Crippen LogP contribution in [0, 0.1) is 5.92 Å². The Bertz CT molecular complexity index is 471. The summed E-state index contributed by atoms with van der Waals surface area (Å²) >= 11 is 0. The summed E-state index contributed by atoms with van der Waals surface area (Å²) in [6.07, 6.45) is 2.46. The third-order valence-electron chi connectivity index (χ3n) is 3.41. The molecule has 1 aromatic rings. The van der Waals surface area contributed by atoms with Crippen molar-refractivity contribution in [1.82, 2.24) is 10.6 Å². The lowest BCUT2D eigenvalue weighted by Gasteiger charge is -2.18. The monoisotopic (exact) mass is 276 g/mol. The Balaban J connectivity index is 1.80. The zero-order valence-corrected chi connectivity index (χ0v) is 11.5. The Morgan fingerprint density at radius 1 is 1.25 bits per heavy atom. The van der Waals surface area contributed by atoms with E-state index in [9.17, 15) is 9.59 Å². The van der Waals surface area contributed by atoms with E-state index in [4.69, 9.17) is 5.11 Å². The molecule has 2 atom stereocenters. The first-order valence-corrected chi connectivity index (χ1v) is 6.90. The Labute approximate surface area is 118 Å². The van der Waals surface area contributed by atoms with Crippen LogP contribution in [-0.4, -0.2) is 29.2 Å². The molecule has 108 valence electrons. The van der Waals surface area contributed by atoms with Gasteiger partial charge in [0.25, 0.3) is 0 Å². The van der Waals surface area contributed by atoms with Crippen molar-refractivity contribution >= 4 is 12.0 Å². The van der Waals surface area contributed by atoms with Crippen LogP contribution >= 0.6 is 0 Å². The molecule has 3 N–H and O–H groups in total. The van der Waals surface area contributed by atoms with Gasteiger partial charge in [-0.3, -0.25) is 0 Å². The second-order valence-electron chi connectivity index (χ2n) is 5.36. The molecule has 5 heteroatoms. The normalized spacial score (nSPS) is 17.1. The van der Waals surface area contributed by atoms with Crippen LogP contribution in [-0.2, 0) is 11.2 Å². The first-order chi connectivity index (χ1) is 9.56. The summed E-state index contributed by atoms with van der Waals surface area (Å²) in [6, 6.07) is 8.63. The highest BCUT2D eigenvalue weighted by molar-refractivity contribution is 5.83. The summed E-state index contributed by atoms with van der Waals surface area (Å²) in [6.45, 7) is 1.90. The van der Waals surface area contributed by atoms with Crippen molar-refractivity contribution in [3.63, 3.8) is 0 Å². The fourth-order valence-electron chi connectivity index (χ4n) is 2.24. The molecule has 0 aromatic heterocycles. The van der Waals surface area contributed by atoms with Crippen LogP contribution in [0.5, 0.6) is 0 Å². The number of amides is 2. The number of urea groups is 1. The third kappa shape index (κ3) is 4.26. The molecule has 1 aromatic carbocycles. The van der Waals surface area contributed by atoms with E-state index in [0.717, 1.165) is 24.8 Å². The van der Waals surface area contributed by atoms with Crippen molar-refractivity contribution in [2.45, 2.75) is 38.3 Å². The zero-order chi connectivity index (χ0) is 14.5. The number of benzene rings is 1. The number of hydrogen-bond donors (Lipinski definition) is 3. The second kappa shape index (κ2) is 6.41. The molecule has 5 nitrogen and oxygen atoms in total. The Morgan fingerprint density at radius 3 is 2.45 bits per heavy atom. The number of nitrogens with one attached hydrogen (secondary N) is 2. The molecule has 0 bridgehead atoms. The molecule has 1 aliphatic carbocycles. The summed E-state index contributed by atoms with van der Waals surface area (Å²) in [5, 5.41) is 14.4. The number of hydrogen-bond acceptors (Lipinski definition) is 2. The van der Waals surface area contributed by atoms with Gasteiger partial charge in [-0.05, 0) is 37.7 Å². The van der Waals surface area contributed by atoms with Gasteiger partial charge in [0.05, 0.1) is 0 Å². The number of aliphatic carboxylic acids is 1. The van der Waals surface area contributed by atoms with Crippen LogP contribution < -0.4 is 10.6 Å². The van der Waals surface area contributed by atoms with E-state index in [1.54, 1.807) is 0 Å². The topological polar surface area (TPSA) is 78.4 Å². The van der Waals surface area contributed by atoms with Crippen LogP contribution in [0.3, 0.4) is 0 Å². The number of carboxylic acids is 1. The van der Waals surface area contributed by atoms with Gasteiger partial charge in [-0.25, -0.2) is 9.59 Å². The minimum atomic E-state index is -0.960. The van der Waals surface area contributed by atoms with E-state index < -0.39 is 18.0 Å². The molecule has 2 rings (SSSR count). The highest BCUT2D eigenvalue weighted by Gasteiger charge is 2.37. The largest absolute Gasteiger partial charge is 0.480 e. The van der Waals surface area contributed by atoms with Gasteiger partial charge >= 0.3 is 12.0 Å². The average molecular weight is 276 g/mol. The SMILES string of the molecule is CC(Cc1ccccc1)NC(=O)NC(C(=O)O)C1CC1. The summed E-state index contributed by atoms with van der Waals surface area (Å²) in [7, 11) is 0. The van der Waals surface area contributed by atoms with Crippen LogP contribution in [0.25, 0.3) is 0 Å². The van der Waals surface area contributed by atoms with E-state index in [1.165, 1.54) is 0 Å². The van der Waals surface area contributed by atoms with Gasteiger partial charge in [-0.15, -0.1) is 0 Å². The maximum atomic E-state index is 11.8. The van der Waals surface area contributed by atoms with E-state index in [0.29, 0.717) is 0 Å². The smallest absolute Gasteiger partial charge is 0.326 e. The molecule has 0 saturated heterocycles. The van der Waals surface area contributed by atoms with Gasteiger partial charge < -0.3 is 15.7 Å². The number of rotatable bonds is 6. The second-order valence-corrected chi connectivity index (χ2v) is 5.36. The first kappa shape index (κ1) is 14.4. The fraction of sp³-hybridized carbons (Fsp3) is 0.467. The van der Waals surface area contributed by atoms with Gasteiger partial charge in [-0.1, -0.05) is 30.3 Å². The molecule has 0 spiro atoms. The molecule has 0 heterocycles. The van der Waals surface area contributed by atoms with Gasteiger partial charge in [0.2, 0.25) is 0 Å². The van der Waals surface area contributed by atoms with E-state index >= 15 is 0 Å². The van der Waals surface area contributed by atoms with Gasteiger partial charge in [-0.2, -0.15) is 0 Å². The number of carbonyl (C=O) groups is 2. The summed E-state index contributed by atoms with van der Waals surface area (Å²) < 4.78 is 0. The van der Waals surface area contributed by atoms with Gasteiger partial charge in [0, 0.05) is 6.04 Å². The molecule has 20 heavy (non-hydrogen) atoms. The average Bonchev–Trinajstić information content (AvgIpc) is 3.20. The lowest BCUT2D eigenvalue weighted by Crippen LogP contribution is -2.49. The molecule has 0 aliphatic heterocycles. The van der Waals surface area contributed by atoms with Crippen molar-refractivity contribution < 1.29 is 14.7 Å². The van der Waals surface area contributed by atoms with Gasteiger partial charge in [0.1, 0.15) is 6.04 Å². The van der Waals surface area contributed by atoms with E-state index in [2.05, 4.69) is 10.6 Å². The highest BCUT2D eigenvalue weighted by atomic mass is 16.4. The predicted molar refractivity (Wildman–Crippen MR) is 75.4 cm³/mol. The quantitative estimate of drug-likeness (QED) is 0.741. The van der Waals surface area contributed by atoms with Crippen molar-refractivity contribution in [3.8, 4) is 0 Å². The molecule has 1 saturated carbocycles. The van der Waals surface area contributed by atoms with E-state index in [-0.39, 0.29) is 12.0 Å². The lowest BCUT2D eigenvalue weighted by atomic mass is 10.1. The van der Waals surface area contributed by atoms with Crippen LogP contribution in [0.1, 0.15) is 25.3 Å². The Kier molecular flexibility index (Phi) is 4.61. The molecule has 2 unspecified atom stereocenters. The van der Waals surface area contributed by atoms with Gasteiger partial charge in [0.15, 0.2) is 0 Å². The summed E-state index contributed by atoms with van der Waals surface area (Å²) in [5.41, 5.74) is 1.14. The molecular weight excluding hydrogens is 256 g/mol. The minimum Gasteiger partial charge on any atom is -0.480 e. The van der Waals surface area contributed by atoms with Crippen LogP contribution in [0.15, 0.2) is 30.3 Å². The molecule has 2 amide bonds. The number of carboxylic acid groups (broad SMARTS) is 1. The first-order valence-electron chi connectivity index (χ1n) is 6.90. The van der Waals surface area contributed by atoms with Crippen molar-refractivity contribution in [2.75, 3.05) is 0 Å². The van der Waals surface area contributed by atoms with Crippen molar-refractivity contribution in [1.29, 1.82) is 0 Å². The van der Waals surface area contributed by atoms with Crippen LogP contribution in [0.4, 0.5) is 4.79 Å². The molecule has 1 aliphatic rings. The third-order valence-corrected chi connectivity index (χ3v) is 3.41. The van der Waals surface area contributed by atoms with Crippen molar-refractivity contribution in [2.24, 2.45) is 5.92 Å². The maximum Gasteiger partial charge on any atom is 0.326 e. The number of carbonyl (C=O) groups excluding carboxylic acids is 1. The highest BCUT2D eigenvalue weighted by Crippen LogP contribution is 2.32.